The SMILES string of the molecule is COP(=O)(O)C1=CN(C)Nc2ccccc21. The molecule has 1 aromatic carbocycles. The summed E-state index contributed by atoms with van der Waals surface area (Å²) in [6, 6.07) is 7.30. The highest BCUT2D eigenvalue weighted by molar-refractivity contribution is 7.64. The number of benzene rings is 1. The Morgan fingerprint density at radius 2 is 2.12 bits per heavy atom. The van der Waals surface area contributed by atoms with Gasteiger partial charge in [-0.3, -0.25) is 15.0 Å². The van der Waals surface area contributed by atoms with Crippen LogP contribution in [0.25, 0.3) is 5.31 Å². The van der Waals surface area contributed by atoms with E-state index in [1.165, 1.54) is 7.11 Å². The molecule has 1 heterocycles. The van der Waals surface area contributed by atoms with Crippen molar-refractivity contribution >= 4 is 18.6 Å². The average Bonchev–Trinajstić information content (AvgIpc) is 2.28. The molecule has 1 atom stereocenters. The fraction of sp³-hybridized carbons (Fsp3) is 0.200. The third kappa shape index (κ3) is 1.85. The first kappa shape index (κ1) is 11.2. The van der Waals surface area contributed by atoms with Crippen LogP contribution >= 0.6 is 7.60 Å². The Labute approximate surface area is 93.8 Å². The van der Waals surface area contributed by atoms with Crippen molar-refractivity contribution in [1.82, 2.24) is 5.01 Å². The van der Waals surface area contributed by atoms with Crippen LogP contribution in [-0.4, -0.2) is 24.1 Å². The normalized spacial score (nSPS) is 18.2. The smallest absolute Gasteiger partial charge is 0.321 e. The molecule has 1 aliphatic rings. The van der Waals surface area contributed by atoms with Crippen LogP contribution in [0.15, 0.2) is 30.5 Å². The summed E-state index contributed by atoms with van der Waals surface area (Å²) in [5.41, 5.74) is 4.53. The number of anilines is 1. The van der Waals surface area contributed by atoms with Gasteiger partial charge in [0.05, 0.1) is 11.0 Å². The van der Waals surface area contributed by atoms with Crippen LogP contribution in [-0.2, 0) is 9.09 Å². The van der Waals surface area contributed by atoms with Crippen molar-refractivity contribution in [3.63, 3.8) is 0 Å². The summed E-state index contributed by atoms with van der Waals surface area (Å²) in [5.74, 6) is 0. The molecule has 5 nitrogen and oxygen atoms in total. The molecular formula is C10H13N2O3P. The number of fused-ring (bicyclic) bond motifs is 1. The first-order chi connectivity index (χ1) is 7.54. The number of hydrazine groups is 1. The van der Waals surface area contributed by atoms with E-state index < -0.39 is 7.60 Å². The van der Waals surface area contributed by atoms with E-state index in [4.69, 9.17) is 0 Å². The molecule has 0 spiro atoms. The second kappa shape index (κ2) is 3.94. The first-order valence-corrected chi connectivity index (χ1v) is 6.32. The molecule has 86 valence electrons. The molecule has 0 saturated heterocycles. The predicted molar refractivity (Wildman–Crippen MR) is 62.6 cm³/mol. The number of nitrogens with one attached hydrogen (secondary N) is 1. The maximum atomic E-state index is 11.9. The Morgan fingerprint density at radius 3 is 2.81 bits per heavy atom. The Hall–Kier alpha value is -1.29. The minimum absolute atomic E-state index is 0.298. The topological polar surface area (TPSA) is 61.8 Å². The summed E-state index contributed by atoms with van der Waals surface area (Å²) in [6.07, 6.45) is 1.56. The fourth-order valence-electron chi connectivity index (χ4n) is 1.60. The van der Waals surface area contributed by atoms with Crippen molar-refractivity contribution in [3.05, 3.63) is 36.0 Å². The third-order valence-electron chi connectivity index (χ3n) is 2.37. The maximum Gasteiger partial charge on any atom is 0.360 e. The van der Waals surface area contributed by atoms with Gasteiger partial charge in [-0.2, -0.15) is 0 Å². The average molecular weight is 240 g/mol. The van der Waals surface area contributed by atoms with E-state index in [9.17, 15) is 9.46 Å². The van der Waals surface area contributed by atoms with Crippen LogP contribution in [0.2, 0.25) is 0 Å². The summed E-state index contributed by atoms with van der Waals surface area (Å²) in [5, 5.41) is 1.92. The van der Waals surface area contributed by atoms with Crippen molar-refractivity contribution in [1.29, 1.82) is 0 Å². The lowest BCUT2D eigenvalue weighted by atomic mass is 10.1. The molecule has 0 aromatic heterocycles. The van der Waals surface area contributed by atoms with Crippen LogP contribution in [0, 0.1) is 0 Å². The number of rotatable bonds is 2. The highest BCUT2D eigenvalue weighted by atomic mass is 31.2. The molecule has 0 bridgehead atoms. The predicted octanol–water partition coefficient (Wildman–Crippen LogP) is 2.09. The zero-order chi connectivity index (χ0) is 11.8. The van der Waals surface area contributed by atoms with E-state index in [1.807, 2.05) is 18.2 Å². The van der Waals surface area contributed by atoms with E-state index in [0.29, 0.717) is 10.9 Å². The molecule has 0 fully saturated rings. The summed E-state index contributed by atoms with van der Waals surface area (Å²) in [4.78, 5) is 9.72. The van der Waals surface area contributed by atoms with Gasteiger partial charge in [0, 0.05) is 25.9 Å². The molecule has 2 N–H and O–H groups in total. The van der Waals surface area contributed by atoms with Gasteiger partial charge in [-0.05, 0) is 6.07 Å². The lowest BCUT2D eigenvalue weighted by molar-refractivity contribution is 0.328. The van der Waals surface area contributed by atoms with Crippen molar-refractivity contribution in [2.24, 2.45) is 0 Å². The van der Waals surface area contributed by atoms with E-state index in [2.05, 4.69) is 9.95 Å². The van der Waals surface area contributed by atoms with Crippen molar-refractivity contribution < 1.29 is 14.0 Å². The van der Waals surface area contributed by atoms with Crippen molar-refractivity contribution in [2.45, 2.75) is 0 Å². The summed E-state index contributed by atoms with van der Waals surface area (Å²) >= 11 is 0. The monoisotopic (exact) mass is 240 g/mol. The Kier molecular flexibility index (Phi) is 2.76. The van der Waals surface area contributed by atoms with Gasteiger partial charge in [0.15, 0.2) is 0 Å². The molecule has 0 radical (unpaired) electrons. The standard InChI is InChI=1S/C10H13N2O3P/c1-12-7-10(16(13,14)15-2)8-5-3-4-6-9(8)11-12/h3-7,11H,1-2H3,(H,13,14). The molecule has 1 unspecified atom stereocenters. The van der Waals surface area contributed by atoms with Crippen molar-refractivity contribution in [3.8, 4) is 0 Å². The highest BCUT2D eigenvalue weighted by Crippen LogP contribution is 2.57. The van der Waals surface area contributed by atoms with Gasteiger partial charge in [0.25, 0.3) is 0 Å². The first-order valence-electron chi connectivity index (χ1n) is 4.74. The van der Waals surface area contributed by atoms with Gasteiger partial charge >= 0.3 is 7.60 Å². The highest BCUT2D eigenvalue weighted by Gasteiger charge is 2.30. The van der Waals surface area contributed by atoms with Gasteiger partial charge < -0.3 is 9.42 Å². The molecule has 0 saturated carbocycles. The Balaban J connectivity index is 2.56. The van der Waals surface area contributed by atoms with E-state index in [-0.39, 0.29) is 0 Å². The zero-order valence-corrected chi connectivity index (χ0v) is 9.94. The lowest BCUT2D eigenvalue weighted by Gasteiger charge is -2.28. The minimum atomic E-state index is -3.74. The number of nitrogens with zero attached hydrogens (tertiary/aromatic N) is 1. The maximum absolute atomic E-state index is 11.9. The minimum Gasteiger partial charge on any atom is -0.321 e. The molecule has 1 aliphatic heterocycles. The number of para-hydroxylation sites is 1. The van der Waals surface area contributed by atoms with Crippen LogP contribution in [0.5, 0.6) is 0 Å². The van der Waals surface area contributed by atoms with E-state index >= 15 is 0 Å². The Morgan fingerprint density at radius 1 is 1.44 bits per heavy atom. The fourth-order valence-corrected chi connectivity index (χ4v) is 2.62. The molecule has 2 rings (SSSR count). The van der Waals surface area contributed by atoms with Gasteiger partial charge in [-0.25, -0.2) is 0 Å². The molecule has 1 aromatic rings. The quantitative estimate of drug-likeness (QED) is 0.775. The van der Waals surface area contributed by atoms with Crippen LogP contribution in [0.1, 0.15) is 5.56 Å². The van der Waals surface area contributed by atoms with Gasteiger partial charge in [0.2, 0.25) is 0 Å². The Bertz CT molecular complexity index is 487. The molecule has 6 heteroatoms. The third-order valence-corrected chi connectivity index (χ3v) is 3.83. The van der Waals surface area contributed by atoms with Crippen molar-refractivity contribution in [2.75, 3.05) is 19.6 Å². The summed E-state index contributed by atoms with van der Waals surface area (Å²) in [6.45, 7) is 0. The number of hydrogen-bond donors (Lipinski definition) is 2. The second-order valence-corrected chi connectivity index (χ2v) is 5.37. The second-order valence-electron chi connectivity index (χ2n) is 3.49. The van der Waals surface area contributed by atoms with Gasteiger partial charge in [-0.15, -0.1) is 0 Å². The van der Waals surface area contributed by atoms with Crippen LogP contribution in [0.4, 0.5) is 5.69 Å². The zero-order valence-electron chi connectivity index (χ0n) is 9.04. The lowest BCUT2D eigenvalue weighted by Crippen LogP contribution is -2.23. The molecule has 0 aliphatic carbocycles. The molecular weight excluding hydrogens is 227 g/mol. The summed E-state index contributed by atoms with van der Waals surface area (Å²) < 4.78 is 16.5. The summed E-state index contributed by atoms with van der Waals surface area (Å²) in [7, 11) is -0.755. The molecule has 0 amide bonds. The molecule has 16 heavy (non-hydrogen) atoms. The van der Waals surface area contributed by atoms with E-state index in [0.717, 1.165) is 5.69 Å². The largest absolute Gasteiger partial charge is 0.360 e. The van der Waals surface area contributed by atoms with Gasteiger partial charge in [0.1, 0.15) is 0 Å². The van der Waals surface area contributed by atoms with E-state index in [1.54, 1.807) is 24.3 Å². The number of hydrogen-bond acceptors (Lipinski definition) is 4. The van der Waals surface area contributed by atoms with Crippen LogP contribution < -0.4 is 5.43 Å². The van der Waals surface area contributed by atoms with Gasteiger partial charge in [-0.1, -0.05) is 18.2 Å². The van der Waals surface area contributed by atoms with Crippen LogP contribution in [0.3, 0.4) is 0 Å².